The zero-order chi connectivity index (χ0) is 15.1. The summed E-state index contributed by atoms with van der Waals surface area (Å²) in [6, 6.07) is 9.16. The molecular weight excluding hydrogens is 256 g/mol. The van der Waals surface area contributed by atoms with E-state index < -0.39 is 0 Å². The smallest absolute Gasteiger partial charge is 0.0399 e. The van der Waals surface area contributed by atoms with E-state index in [9.17, 15) is 0 Å². The Kier molecular flexibility index (Phi) is 6.56. The second-order valence-corrected chi connectivity index (χ2v) is 6.57. The normalized spacial score (nSPS) is 21.1. The Morgan fingerprint density at radius 3 is 2.76 bits per heavy atom. The molecule has 1 aliphatic heterocycles. The molecule has 21 heavy (non-hydrogen) atoms. The fourth-order valence-corrected chi connectivity index (χ4v) is 3.52. The molecule has 0 aromatic heterocycles. The van der Waals surface area contributed by atoms with Crippen molar-refractivity contribution in [2.75, 3.05) is 18.0 Å². The van der Waals surface area contributed by atoms with Crippen molar-refractivity contribution in [1.82, 2.24) is 0 Å². The van der Waals surface area contributed by atoms with Crippen molar-refractivity contribution in [3.05, 3.63) is 29.8 Å². The molecule has 0 radical (unpaired) electrons. The number of nitrogens with zero attached hydrogens (tertiary/aromatic N) is 1. The molecule has 1 heterocycles. The fourth-order valence-electron chi connectivity index (χ4n) is 3.52. The third kappa shape index (κ3) is 4.74. The number of rotatable bonds is 6. The van der Waals surface area contributed by atoms with Gasteiger partial charge in [-0.1, -0.05) is 44.9 Å². The van der Waals surface area contributed by atoms with Crippen molar-refractivity contribution < 1.29 is 0 Å². The average Bonchev–Trinajstić information content (AvgIpc) is 2.74. The fraction of sp³-hybridized carbons (Fsp3) is 0.684. The second-order valence-electron chi connectivity index (χ2n) is 6.57. The van der Waals surface area contributed by atoms with E-state index >= 15 is 0 Å². The van der Waals surface area contributed by atoms with Gasteiger partial charge in [0.1, 0.15) is 0 Å². The van der Waals surface area contributed by atoms with Gasteiger partial charge in [0, 0.05) is 24.8 Å². The zero-order valence-corrected chi connectivity index (χ0v) is 13.9. The Hall–Kier alpha value is -1.02. The zero-order valence-electron chi connectivity index (χ0n) is 13.9. The Morgan fingerprint density at radius 2 is 2.00 bits per heavy atom. The number of anilines is 1. The van der Waals surface area contributed by atoms with Crippen LogP contribution in [0, 0.1) is 5.92 Å². The number of para-hydroxylation sites is 1. The van der Waals surface area contributed by atoms with E-state index in [1.807, 2.05) is 0 Å². The molecule has 2 heteroatoms. The molecule has 2 atom stereocenters. The van der Waals surface area contributed by atoms with Crippen molar-refractivity contribution in [3.8, 4) is 0 Å². The van der Waals surface area contributed by atoms with Gasteiger partial charge in [-0.05, 0) is 49.7 Å². The topological polar surface area (TPSA) is 29.3 Å². The lowest BCUT2D eigenvalue weighted by Gasteiger charge is -2.26. The highest BCUT2D eigenvalue weighted by Crippen LogP contribution is 2.28. The highest BCUT2D eigenvalue weighted by molar-refractivity contribution is 5.54. The maximum absolute atomic E-state index is 6.18. The van der Waals surface area contributed by atoms with Gasteiger partial charge >= 0.3 is 0 Å². The Bertz CT molecular complexity index is 416. The highest BCUT2D eigenvalue weighted by atomic mass is 15.1. The van der Waals surface area contributed by atoms with E-state index in [2.05, 4.69) is 43.0 Å². The minimum Gasteiger partial charge on any atom is -0.371 e. The number of hydrogen-bond donors (Lipinski definition) is 1. The van der Waals surface area contributed by atoms with E-state index in [4.69, 9.17) is 5.73 Å². The van der Waals surface area contributed by atoms with E-state index in [-0.39, 0.29) is 6.04 Å². The summed E-state index contributed by atoms with van der Waals surface area (Å²) in [5.74, 6) is 0.935. The van der Waals surface area contributed by atoms with Crippen LogP contribution in [0.4, 0.5) is 5.69 Å². The summed E-state index contributed by atoms with van der Waals surface area (Å²) in [7, 11) is 0. The molecule has 2 nitrogen and oxygen atoms in total. The van der Waals surface area contributed by atoms with Crippen molar-refractivity contribution in [2.45, 2.75) is 64.8 Å². The minimum absolute atomic E-state index is 0.283. The molecule has 0 aliphatic carbocycles. The van der Waals surface area contributed by atoms with Crippen LogP contribution in [0.5, 0.6) is 0 Å². The lowest BCUT2D eigenvalue weighted by Crippen LogP contribution is -2.27. The first-order chi connectivity index (χ1) is 10.2. The average molecular weight is 288 g/mol. The largest absolute Gasteiger partial charge is 0.371 e. The number of benzene rings is 1. The van der Waals surface area contributed by atoms with Gasteiger partial charge in [-0.3, -0.25) is 0 Å². The quantitative estimate of drug-likeness (QED) is 0.842. The van der Waals surface area contributed by atoms with Crippen LogP contribution in [-0.4, -0.2) is 19.1 Å². The van der Waals surface area contributed by atoms with E-state index in [0.717, 1.165) is 18.8 Å². The molecule has 1 saturated heterocycles. The molecule has 2 N–H and O–H groups in total. The monoisotopic (exact) mass is 288 g/mol. The summed E-state index contributed by atoms with van der Waals surface area (Å²) in [5.41, 5.74) is 9.04. The van der Waals surface area contributed by atoms with Crippen LogP contribution in [0.1, 0.15) is 57.9 Å². The van der Waals surface area contributed by atoms with Crippen LogP contribution in [-0.2, 0) is 6.42 Å². The minimum atomic E-state index is 0.283. The molecule has 1 aliphatic rings. The number of hydrogen-bond acceptors (Lipinski definition) is 2. The molecule has 118 valence electrons. The standard InChI is InChI=1S/C19H32N2/c1-3-8-16-9-7-13-21(14-12-16)19-11-6-5-10-17(19)15-18(20)4-2/h5-6,10-11,16,18H,3-4,7-9,12-15,20H2,1-2H3. The van der Waals surface area contributed by atoms with Gasteiger partial charge in [-0.15, -0.1) is 0 Å². The molecule has 0 amide bonds. The van der Waals surface area contributed by atoms with Crippen LogP contribution in [0.25, 0.3) is 0 Å². The van der Waals surface area contributed by atoms with E-state index in [1.54, 1.807) is 0 Å². The summed E-state index contributed by atoms with van der Waals surface area (Å²) in [6.45, 7) is 6.90. The molecule has 1 fully saturated rings. The predicted molar refractivity (Wildman–Crippen MR) is 92.9 cm³/mol. The third-order valence-electron chi connectivity index (χ3n) is 4.88. The molecular formula is C19H32N2. The summed E-state index contributed by atoms with van der Waals surface area (Å²) in [5, 5.41) is 0. The van der Waals surface area contributed by atoms with Crippen molar-refractivity contribution in [3.63, 3.8) is 0 Å². The van der Waals surface area contributed by atoms with Gasteiger partial charge in [-0.25, -0.2) is 0 Å². The van der Waals surface area contributed by atoms with Crippen LogP contribution >= 0.6 is 0 Å². The Balaban J connectivity index is 2.07. The maximum Gasteiger partial charge on any atom is 0.0399 e. The van der Waals surface area contributed by atoms with E-state index in [0.29, 0.717) is 0 Å². The van der Waals surface area contributed by atoms with Gasteiger partial charge < -0.3 is 10.6 Å². The van der Waals surface area contributed by atoms with Gasteiger partial charge in [0.25, 0.3) is 0 Å². The number of nitrogens with two attached hydrogens (primary N) is 1. The van der Waals surface area contributed by atoms with Crippen LogP contribution in [0.2, 0.25) is 0 Å². The second kappa shape index (κ2) is 8.43. The molecule has 0 spiro atoms. The van der Waals surface area contributed by atoms with Gasteiger partial charge in [0.2, 0.25) is 0 Å². The SMILES string of the molecule is CCCC1CCCN(c2ccccc2CC(N)CC)CC1. The lowest BCUT2D eigenvalue weighted by molar-refractivity contribution is 0.435. The van der Waals surface area contributed by atoms with Crippen LogP contribution in [0.15, 0.2) is 24.3 Å². The van der Waals surface area contributed by atoms with Crippen molar-refractivity contribution >= 4 is 5.69 Å². The maximum atomic E-state index is 6.18. The summed E-state index contributed by atoms with van der Waals surface area (Å²) in [4.78, 5) is 2.60. The predicted octanol–water partition coefficient (Wildman–Crippen LogP) is 4.37. The first-order valence-corrected chi connectivity index (χ1v) is 8.83. The molecule has 1 aromatic carbocycles. The molecule has 2 rings (SSSR count). The first kappa shape index (κ1) is 16.4. The highest BCUT2D eigenvalue weighted by Gasteiger charge is 2.18. The summed E-state index contributed by atoms with van der Waals surface area (Å²) >= 11 is 0. The third-order valence-corrected chi connectivity index (χ3v) is 4.88. The Labute approximate surface area is 130 Å². The first-order valence-electron chi connectivity index (χ1n) is 8.83. The van der Waals surface area contributed by atoms with Gasteiger partial charge in [0.05, 0.1) is 0 Å². The summed E-state index contributed by atoms with van der Waals surface area (Å²) < 4.78 is 0. The van der Waals surface area contributed by atoms with E-state index in [1.165, 1.54) is 56.4 Å². The molecule has 0 bridgehead atoms. The summed E-state index contributed by atoms with van der Waals surface area (Å²) in [6.07, 6.45) is 8.86. The van der Waals surface area contributed by atoms with Crippen LogP contribution < -0.4 is 10.6 Å². The molecule has 1 aromatic rings. The van der Waals surface area contributed by atoms with Gasteiger partial charge in [0.15, 0.2) is 0 Å². The van der Waals surface area contributed by atoms with Crippen molar-refractivity contribution in [2.24, 2.45) is 11.7 Å². The molecule has 2 unspecified atom stereocenters. The van der Waals surface area contributed by atoms with Crippen molar-refractivity contribution in [1.29, 1.82) is 0 Å². The molecule has 0 saturated carbocycles. The van der Waals surface area contributed by atoms with Crippen LogP contribution in [0.3, 0.4) is 0 Å². The Morgan fingerprint density at radius 1 is 1.19 bits per heavy atom. The van der Waals surface area contributed by atoms with Gasteiger partial charge in [-0.2, -0.15) is 0 Å². The lowest BCUT2D eigenvalue weighted by atomic mass is 9.96.